The normalized spacial score (nSPS) is 10.6. The van der Waals surface area contributed by atoms with E-state index in [2.05, 4.69) is 21.0 Å². The van der Waals surface area contributed by atoms with Crippen molar-refractivity contribution in [2.24, 2.45) is 5.73 Å². The Bertz CT molecular complexity index is 587. The summed E-state index contributed by atoms with van der Waals surface area (Å²) in [5.74, 6) is 0. The van der Waals surface area contributed by atoms with Crippen LogP contribution in [0.2, 0.25) is 0 Å². The van der Waals surface area contributed by atoms with Gasteiger partial charge >= 0.3 is 0 Å². The Labute approximate surface area is 120 Å². The maximum absolute atomic E-state index is 5.57. The molecule has 3 nitrogen and oxygen atoms in total. The molecule has 0 amide bonds. The van der Waals surface area contributed by atoms with Crippen molar-refractivity contribution in [2.45, 2.75) is 20.4 Å². The van der Waals surface area contributed by atoms with Crippen molar-refractivity contribution in [2.75, 3.05) is 0 Å². The SMILES string of the molecule is Cc1nn(Cc2ccc(C(N)=S)cc2)c(C)c1Br. The van der Waals surface area contributed by atoms with E-state index in [1.165, 1.54) is 5.56 Å². The molecule has 0 bridgehead atoms. The predicted octanol–water partition coefficient (Wildman–Crippen LogP) is 2.94. The average Bonchev–Trinajstić information content (AvgIpc) is 2.58. The zero-order valence-corrected chi connectivity index (χ0v) is 12.7. The highest BCUT2D eigenvalue weighted by Gasteiger charge is 2.08. The fourth-order valence-corrected chi connectivity index (χ4v) is 2.20. The third-order valence-electron chi connectivity index (χ3n) is 2.86. The van der Waals surface area contributed by atoms with E-state index in [1.807, 2.05) is 42.8 Å². The first-order valence-corrected chi connectivity index (χ1v) is 6.77. The number of aromatic nitrogens is 2. The van der Waals surface area contributed by atoms with Crippen LogP contribution in [0.5, 0.6) is 0 Å². The second-order valence-corrected chi connectivity index (χ2v) is 5.44. The number of thiocarbonyl (C=S) groups is 1. The molecule has 0 unspecified atom stereocenters. The number of hydrogen-bond acceptors (Lipinski definition) is 2. The van der Waals surface area contributed by atoms with Gasteiger partial charge in [0.2, 0.25) is 0 Å². The van der Waals surface area contributed by atoms with E-state index in [1.54, 1.807) is 0 Å². The lowest BCUT2D eigenvalue weighted by Gasteiger charge is -2.06. The fraction of sp³-hybridized carbons (Fsp3) is 0.231. The van der Waals surface area contributed by atoms with Crippen LogP contribution in [0.15, 0.2) is 28.7 Å². The Balaban J connectivity index is 2.23. The van der Waals surface area contributed by atoms with E-state index < -0.39 is 0 Å². The highest BCUT2D eigenvalue weighted by atomic mass is 79.9. The third-order valence-corrected chi connectivity index (χ3v) is 4.25. The minimum absolute atomic E-state index is 0.426. The van der Waals surface area contributed by atoms with Gasteiger partial charge < -0.3 is 5.73 Å². The van der Waals surface area contributed by atoms with E-state index in [0.29, 0.717) is 4.99 Å². The van der Waals surface area contributed by atoms with Crippen molar-refractivity contribution in [1.82, 2.24) is 9.78 Å². The van der Waals surface area contributed by atoms with Gasteiger partial charge in [-0.15, -0.1) is 0 Å². The van der Waals surface area contributed by atoms with Crippen LogP contribution in [0.4, 0.5) is 0 Å². The van der Waals surface area contributed by atoms with Crippen molar-refractivity contribution in [1.29, 1.82) is 0 Å². The molecule has 5 heteroatoms. The molecular weight excluding hydrogens is 310 g/mol. The van der Waals surface area contributed by atoms with E-state index in [4.69, 9.17) is 18.0 Å². The first kappa shape index (κ1) is 13.2. The lowest BCUT2D eigenvalue weighted by molar-refractivity contribution is 0.658. The first-order valence-electron chi connectivity index (χ1n) is 5.57. The molecule has 1 aromatic carbocycles. The molecule has 2 aromatic rings. The van der Waals surface area contributed by atoms with Crippen LogP contribution in [0, 0.1) is 13.8 Å². The third kappa shape index (κ3) is 2.62. The molecule has 0 saturated heterocycles. The van der Waals surface area contributed by atoms with Crippen LogP contribution in [0.3, 0.4) is 0 Å². The van der Waals surface area contributed by atoms with E-state index in [9.17, 15) is 0 Å². The van der Waals surface area contributed by atoms with Crippen LogP contribution < -0.4 is 5.73 Å². The number of aryl methyl sites for hydroxylation is 1. The maximum Gasteiger partial charge on any atom is 0.103 e. The first-order chi connectivity index (χ1) is 8.49. The van der Waals surface area contributed by atoms with E-state index in [0.717, 1.165) is 28.0 Å². The van der Waals surface area contributed by atoms with Gasteiger partial charge in [-0.05, 0) is 35.3 Å². The largest absolute Gasteiger partial charge is 0.389 e. The number of halogens is 1. The smallest absolute Gasteiger partial charge is 0.103 e. The van der Waals surface area contributed by atoms with Crippen LogP contribution in [0.1, 0.15) is 22.5 Å². The Kier molecular flexibility index (Phi) is 3.82. The lowest BCUT2D eigenvalue weighted by atomic mass is 10.1. The zero-order valence-electron chi connectivity index (χ0n) is 10.3. The van der Waals surface area contributed by atoms with Crippen molar-refractivity contribution >= 4 is 33.1 Å². The number of rotatable bonds is 3. The quantitative estimate of drug-likeness (QED) is 0.883. The molecule has 0 atom stereocenters. The Hall–Kier alpha value is -1.20. The molecular formula is C13H14BrN3S. The summed E-state index contributed by atoms with van der Waals surface area (Å²) in [7, 11) is 0. The molecule has 1 aromatic heterocycles. The summed E-state index contributed by atoms with van der Waals surface area (Å²) in [5.41, 5.74) is 9.77. The molecule has 1 heterocycles. The summed E-state index contributed by atoms with van der Waals surface area (Å²) >= 11 is 8.46. The van der Waals surface area contributed by atoms with Gasteiger partial charge in [0, 0.05) is 5.56 Å². The second kappa shape index (κ2) is 5.20. The second-order valence-electron chi connectivity index (χ2n) is 4.20. The van der Waals surface area contributed by atoms with Crippen LogP contribution >= 0.6 is 28.1 Å². The zero-order chi connectivity index (χ0) is 13.3. The minimum atomic E-state index is 0.426. The summed E-state index contributed by atoms with van der Waals surface area (Å²) in [4.78, 5) is 0.426. The van der Waals surface area contributed by atoms with Crippen molar-refractivity contribution in [3.63, 3.8) is 0 Å². The van der Waals surface area contributed by atoms with Gasteiger partial charge in [0.05, 0.1) is 22.4 Å². The monoisotopic (exact) mass is 323 g/mol. The van der Waals surface area contributed by atoms with Crippen molar-refractivity contribution in [3.8, 4) is 0 Å². The molecule has 0 radical (unpaired) electrons. The number of benzene rings is 1. The van der Waals surface area contributed by atoms with Gasteiger partial charge in [0.1, 0.15) is 4.99 Å². The van der Waals surface area contributed by atoms with E-state index in [-0.39, 0.29) is 0 Å². The Morgan fingerprint density at radius 3 is 2.39 bits per heavy atom. The maximum atomic E-state index is 5.57. The van der Waals surface area contributed by atoms with Gasteiger partial charge in [-0.2, -0.15) is 5.10 Å². The topological polar surface area (TPSA) is 43.8 Å². The molecule has 94 valence electrons. The number of nitrogens with zero attached hydrogens (tertiary/aromatic N) is 2. The minimum Gasteiger partial charge on any atom is -0.389 e. The highest BCUT2D eigenvalue weighted by molar-refractivity contribution is 9.10. The van der Waals surface area contributed by atoms with Crippen LogP contribution in [0.25, 0.3) is 0 Å². The van der Waals surface area contributed by atoms with Gasteiger partial charge in [0.25, 0.3) is 0 Å². The average molecular weight is 324 g/mol. The molecule has 0 aliphatic carbocycles. The van der Waals surface area contributed by atoms with E-state index >= 15 is 0 Å². The molecule has 2 N–H and O–H groups in total. The lowest BCUT2D eigenvalue weighted by Crippen LogP contribution is -2.09. The summed E-state index contributed by atoms with van der Waals surface area (Å²) in [6, 6.07) is 7.94. The van der Waals surface area contributed by atoms with Gasteiger partial charge in [0.15, 0.2) is 0 Å². The molecule has 0 spiro atoms. The molecule has 0 saturated carbocycles. The van der Waals surface area contributed by atoms with Crippen LogP contribution in [-0.2, 0) is 6.54 Å². The summed E-state index contributed by atoms with van der Waals surface area (Å²) in [5, 5.41) is 4.48. The fourth-order valence-electron chi connectivity index (χ4n) is 1.78. The molecule has 18 heavy (non-hydrogen) atoms. The molecule has 2 rings (SSSR count). The Morgan fingerprint density at radius 2 is 1.94 bits per heavy atom. The summed E-state index contributed by atoms with van der Waals surface area (Å²) in [6.45, 7) is 4.78. The van der Waals surface area contributed by atoms with Gasteiger partial charge in [-0.1, -0.05) is 36.5 Å². The van der Waals surface area contributed by atoms with Gasteiger partial charge in [-0.3, -0.25) is 4.68 Å². The summed E-state index contributed by atoms with van der Waals surface area (Å²) < 4.78 is 3.05. The number of hydrogen-bond donors (Lipinski definition) is 1. The highest BCUT2D eigenvalue weighted by Crippen LogP contribution is 2.20. The molecule has 0 aliphatic rings. The molecule has 0 fully saturated rings. The van der Waals surface area contributed by atoms with Crippen LogP contribution in [-0.4, -0.2) is 14.8 Å². The summed E-state index contributed by atoms with van der Waals surface area (Å²) in [6.07, 6.45) is 0. The standard InChI is InChI=1S/C13H14BrN3S/c1-8-12(14)9(2)17(16-8)7-10-3-5-11(6-4-10)13(15)18/h3-6H,7H2,1-2H3,(H2,15,18). The molecule has 0 aliphatic heterocycles. The van der Waals surface area contributed by atoms with Gasteiger partial charge in [-0.25, -0.2) is 0 Å². The number of nitrogens with two attached hydrogens (primary N) is 1. The predicted molar refractivity (Wildman–Crippen MR) is 80.8 cm³/mol. The Morgan fingerprint density at radius 1 is 1.33 bits per heavy atom. The van der Waals surface area contributed by atoms with Crippen molar-refractivity contribution in [3.05, 3.63) is 51.3 Å². The van der Waals surface area contributed by atoms with Crippen molar-refractivity contribution < 1.29 is 0 Å².